The number of fused-ring (bicyclic) bond motifs is 3. The summed E-state index contributed by atoms with van der Waals surface area (Å²) in [6.07, 6.45) is 13.3. The molecule has 2 aliphatic rings. The highest BCUT2D eigenvalue weighted by Gasteiger charge is 2.23. The van der Waals surface area contributed by atoms with Crippen molar-refractivity contribution >= 4 is 16.3 Å². The molecular formula is C38H26N2. The minimum absolute atomic E-state index is 0.364. The van der Waals surface area contributed by atoms with Crippen LogP contribution >= 0.6 is 0 Å². The van der Waals surface area contributed by atoms with Crippen molar-refractivity contribution in [2.24, 2.45) is 0 Å². The zero-order valence-corrected chi connectivity index (χ0v) is 22.0. The van der Waals surface area contributed by atoms with E-state index in [-0.39, 0.29) is 0 Å². The lowest BCUT2D eigenvalue weighted by molar-refractivity contribution is 0.857. The Morgan fingerprint density at radius 3 is 2.12 bits per heavy atom. The van der Waals surface area contributed by atoms with Crippen molar-refractivity contribution in [1.29, 1.82) is 0 Å². The van der Waals surface area contributed by atoms with E-state index >= 15 is 0 Å². The van der Waals surface area contributed by atoms with Gasteiger partial charge < -0.3 is 0 Å². The molecule has 0 amide bonds. The van der Waals surface area contributed by atoms with Gasteiger partial charge in [-0.15, -0.1) is 0 Å². The van der Waals surface area contributed by atoms with Crippen LogP contribution in [0.4, 0.5) is 0 Å². The average Bonchev–Trinajstić information content (AvgIpc) is 3.37. The highest BCUT2D eigenvalue weighted by Crippen LogP contribution is 2.49. The summed E-state index contributed by atoms with van der Waals surface area (Å²) in [4.78, 5) is 8.61. The van der Waals surface area contributed by atoms with Gasteiger partial charge in [-0.3, -0.25) is 9.97 Å². The predicted octanol–water partition coefficient (Wildman–Crippen LogP) is 9.74. The van der Waals surface area contributed by atoms with Gasteiger partial charge in [0.25, 0.3) is 0 Å². The first-order chi connectivity index (χ1) is 19.8. The first-order valence-electron chi connectivity index (χ1n) is 13.8. The van der Waals surface area contributed by atoms with E-state index in [0.29, 0.717) is 5.92 Å². The summed E-state index contributed by atoms with van der Waals surface area (Å²) in [5, 5.41) is 2.73. The van der Waals surface area contributed by atoms with Crippen molar-refractivity contribution in [2.45, 2.75) is 12.3 Å². The van der Waals surface area contributed by atoms with Crippen LogP contribution in [0.5, 0.6) is 0 Å². The van der Waals surface area contributed by atoms with Crippen molar-refractivity contribution in [3.05, 3.63) is 151 Å². The fourth-order valence-electron chi connectivity index (χ4n) is 6.36. The van der Waals surface area contributed by atoms with Gasteiger partial charge in [0.1, 0.15) is 0 Å². The molecule has 40 heavy (non-hydrogen) atoms. The fraction of sp³-hybridized carbons (Fsp3) is 0.0526. The molecule has 2 aliphatic carbocycles. The predicted molar refractivity (Wildman–Crippen MR) is 166 cm³/mol. The second-order valence-electron chi connectivity index (χ2n) is 10.6. The topological polar surface area (TPSA) is 25.8 Å². The molecule has 0 saturated carbocycles. The fourth-order valence-corrected chi connectivity index (χ4v) is 6.36. The molecule has 2 nitrogen and oxygen atoms in total. The van der Waals surface area contributed by atoms with Crippen molar-refractivity contribution in [2.75, 3.05) is 0 Å². The Kier molecular flexibility index (Phi) is 5.31. The van der Waals surface area contributed by atoms with Gasteiger partial charge in [-0.2, -0.15) is 0 Å². The van der Waals surface area contributed by atoms with Gasteiger partial charge in [-0.05, 0) is 67.3 Å². The number of hydrogen-bond acceptors (Lipinski definition) is 2. The number of rotatable bonds is 4. The first-order valence-corrected chi connectivity index (χ1v) is 13.8. The summed E-state index contributed by atoms with van der Waals surface area (Å²) in [5.41, 5.74) is 13.8. The van der Waals surface area contributed by atoms with Crippen LogP contribution in [0, 0.1) is 0 Å². The minimum Gasteiger partial charge on any atom is -0.261 e. The maximum atomic E-state index is 4.42. The van der Waals surface area contributed by atoms with E-state index in [1.54, 1.807) is 18.6 Å². The molecule has 1 unspecified atom stereocenters. The van der Waals surface area contributed by atoms with Crippen LogP contribution in [-0.4, -0.2) is 9.97 Å². The molecule has 0 radical (unpaired) electrons. The van der Waals surface area contributed by atoms with Gasteiger partial charge in [0.2, 0.25) is 0 Å². The molecule has 0 bridgehead atoms. The van der Waals surface area contributed by atoms with Crippen LogP contribution in [0.15, 0.2) is 140 Å². The molecule has 188 valence electrons. The molecule has 1 atom stereocenters. The maximum Gasteiger partial charge on any atom is 0.0885 e. The third kappa shape index (κ3) is 3.72. The molecule has 5 aromatic carbocycles. The third-order valence-electron chi connectivity index (χ3n) is 8.35. The summed E-state index contributed by atoms with van der Waals surface area (Å²) < 4.78 is 0. The molecule has 1 heterocycles. The highest BCUT2D eigenvalue weighted by molar-refractivity contribution is 6.17. The summed E-state index contributed by atoms with van der Waals surface area (Å²) >= 11 is 0. The van der Waals surface area contributed by atoms with Crippen molar-refractivity contribution < 1.29 is 0 Å². The van der Waals surface area contributed by atoms with Crippen LogP contribution in [0.25, 0.3) is 61.0 Å². The minimum atomic E-state index is 0.364. The zero-order chi connectivity index (χ0) is 26.5. The SMILES string of the molecule is C1=CC(c2cccc(-c3ccc(-c4cnccn4)cc3)c2)CC=C1c1ccc2c3c(cccc13)-c1ccccc1-2. The molecule has 0 fully saturated rings. The zero-order valence-electron chi connectivity index (χ0n) is 22.0. The van der Waals surface area contributed by atoms with E-state index < -0.39 is 0 Å². The molecular weight excluding hydrogens is 484 g/mol. The van der Waals surface area contributed by atoms with Gasteiger partial charge >= 0.3 is 0 Å². The van der Waals surface area contributed by atoms with Crippen LogP contribution in [0.1, 0.15) is 23.5 Å². The van der Waals surface area contributed by atoms with E-state index in [9.17, 15) is 0 Å². The molecule has 1 aromatic heterocycles. The van der Waals surface area contributed by atoms with Gasteiger partial charge in [0, 0.05) is 23.9 Å². The van der Waals surface area contributed by atoms with Gasteiger partial charge in [-0.25, -0.2) is 0 Å². The molecule has 8 rings (SSSR count). The van der Waals surface area contributed by atoms with Crippen molar-refractivity contribution in [3.63, 3.8) is 0 Å². The Morgan fingerprint density at radius 1 is 0.600 bits per heavy atom. The normalized spacial score (nSPS) is 15.2. The summed E-state index contributed by atoms with van der Waals surface area (Å²) in [6.45, 7) is 0. The maximum absolute atomic E-state index is 4.42. The van der Waals surface area contributed by atoms with E-state index in [1.165, 1.54) is 60.9 Å². The summed E-state index contributed by atoms with van der Waals surface area (Å²) in [6, 6.07) is 37.7. The van der Waals surface area contributed by atoms with E-state index in [2.05, 4.69) is 131 Å². The Hall–Kier alpha value is -5.08. The van der Waals surface area contributed by atoms with Crippen molar-refractivity contribution in [1.82, 2.24) is 9.97 Å². The number of allylic oxidation sites excluding steroid dienone is 4. The van der Waals surface area contributed by atoms with Crippen LogP contribution in [0.3, 0.4) is 0 Å². The molecule has 0 N–H and O–H groups in total. The lowest BCUT2D eigenvalue weighted by Crippen LogP contribution is -1.99. The van der Waals surface area contributed by atoms with Crippen LogP contribution in [-0.2, 0) is 0 Å². The standard InChI is InChI=1S/C38H26N2/c1-2-8-33-32(7-1)35-10-4-9-34-31(19-20-36(33)38(34)35)27-15-11-25(12-16-27)29-5-3-6-30(23-29)26-13-17-28(18-14-26)37-24-39-21-22-40-37/h1-11,13-25H,12H2. The van der Waals surface area contributed by atoms with Gasteiger partial charge in [0.15, 0.2) is 0 Å². The lowest BCUT2D eigenvalue weighted by Gasteiger charge is -2.19. The summed E-state index contributed by atoms with van der Waals surface area (Å²) in [7, 11) is 0. The number of aromatic nitrogens is 2. The second kappa shape index (κ2) is 9.29. The Bertz CT molecular complexity index is 1930. The summed E-state index contributed by atoms with van der Waals surface area (Å²) in [5.74, 6) is 0.364. The molecule has 2 heteroatoms. The highest BCUT2D eigenvalue weighted by atomic mass is 14.8. The van der Waals surface area contributed by atoms with Crippen LogP contribution < -0.4 is 0 Å². The quantitative estimate of drug-likeness (QED) is 0.235. The van der Waals surface area contributed by atoms with Crippen molar-refractivity contribution in [3.8, 4) is 44.6 Å². The van der Waals surface area contributed by atoms with E-state index in [0.717, 1.165) is 17.7 Å². The monoisotopic (exact) mass is 510 g/mol. The number of benzene rings is 5. The van der Waals surface area contributed by atoms with Crippen LogP contribution in [0.2, 0.25) is 0 Å². The molecule has 6 aromatic rings. The second-order valence-corrected chi connectivity index (χ2v) is 10.6. The largest absolute Gasteiger partial charge is 0.261 e. The number of nitrogens with zero attached hydrogens (tertiary/aromatic N) is 2. The van der Waals surface area contributed by atoms with E-state index in [4.69, 9.17) is 0 Å². The van der Waals surface area contributed by atoms with Gasteiger partial charge in [0.05, 0.1) is 11.9 Å². The first kappa shape index (κ1) is 22.9. The van der Waals surface area contributed by atoms with Gasteiger partial charge in [-0.1, -0.05) is 121 Å². The molecule has 0 saturated heterocycles. The number of hydrogen-bond donors (Lipinski definition) is 0. The Labute approximate surface area is 234 Å². The van der Waals surface area contributed by atoms with E-state index in [1.807, 2.05) is 0 Å². The lowest BCUT2D eigenvalue weighted by atomic mass is 9.85. The average molecular weight is 511 g/mol. The molecule has 0 spiro atoms. The molecule has 0 aliphatic heterocycles. The smallest absolute Gasteiger partial charge is 0.0885 e. The Balaban J connectivity index is 1.07. The Morgan fingerprint density at radius 2 is 1.35 bits per heavy atom. The third-order valence-corrected chi connectivity index (χ3v) is 8.35.